The van der Waals surface area contributed by atoms with Crippen LogP contribution in [0, 0.1) is 19.8 Å². The number of hydrogen-bond acceptors (Lipinski definition) is 2. The fourth-order valence-electron chi connectivity index (χ4n) is 1.77. The number of hydrogen-bond donors (Lipinski definition) is 0. The van der Waals surface area contributed by atoms with Crippen molar-refractivity contribution in [2.75, 3.05) is 0 Å². The highest BCUT2D eigenvalue weighted by atomic mass is 15.4. The lowest BCUT2D eigenvalue weighted by molar-refractivity contribution is 0.487. The van der Waals surface area contributed by atoms with Crippen LogP contribution in [-0.4, -0.2) is 15.0 Å². The molecule has 0 radical (unpaired) electrons. The Bertz CT molecular complexity index is 497. The Morgan fingerprint density at radius 1 is 1.19 bits per heavy atom. The molecule has 86 valence electrons. The van der Waals surface area contributed by atoms with Crippen molar-refractivity contribution in [2.45, 2.75) is 40.7 Å². The first kappa shape index (κ1) is 11.1. The molecule has 3 nitrogen and oxygen atoms in total. The summed E-state index contributed by atoms with van der Waals surface area (Å²) in [6, 6.07) is 4.30. The van der Waals surface area contributed by atoms with Crippen molar-refractivity contribution in [3.05, 3.63) is 23.3 Å². The van der Waals surface area contributed by atoms with Gasteiger partial charge in [0.05, 0.1) is 5.52 Å². The first-order valence-corrected chi connectivity index (χ1v) is 5.88. The van der Waals surface area contributed by atoms with Crippen molar-refractivity contribution in [3.63, 3.8) is 0 Å². The second kappa shape index (κ2) is 4.24. The highest BCUT2D eigenvalue weighted by molar-refractivity contribution is 5.76. The van der Waals surface area contributed by atoms with Crippen LogP contribution in [0.2, 0.25) is 0 Å². The molecule has 1 aromatic carbocycles. The summed E-state index contributed by atoms with van der Waals surface area (Å²) < 4.78 is 2.02. The van der Waals surface area contributed by atoms with Gasteiger partial charge in [0.25, 0.3) is 0 Å². The molecule has 16 heavy (non-hydrogen) atoms. The van der Waals surface area contributed by atoms with E-state index in [1.807, 2.05) is 4.68 Å². The average molecular weight is 217 g/mol. The monoisotopic (exact) mass is 217 g/mol. The van der Waals surface area contributed by atoms with Gasteiger partial charge < -0.3 is 0 Å². The zero-order chi connectivity index (χ0) is 11.7. The van der Waals surface area contributed by atoms with Gasteiger partial charge in [-0.2, -0.15) is 0 Å². The Morgan fingerprint density at radius 2 is 1.88 bits per heavy atom. The summed E-state index contributed by atoms with van der Waals surface area (Å²) in [6.07, 6.45) is 1.14. The van der Waals surface area contributed by atoms with Crippen LogP contribution < -0.4 is 0 Å². The number of benzene rings is 1. The zero-order valence-electron chi connectivity index (χ0n) is 10.5. The van der Waals surface area contributed by atoms with E-state index in [-0.39, 0.29) is 0 Å². The highest BCUT2D eigenvalue weighted by Gasteiger charge is 2.06. The van der Waals surface area contributed by atoms with Crippen molar-refractivity contribution < 1.29 is 0 Å². The van der Waals surface area contributed by atoms with E-state index in [2.05, 4.69) is 50.1 Å². The van der Waals surface area contributed by atoms with Crippen molar-refractivity contribution in [3.8, 4) is 0 Å². The second-order valence-electron chi connectivity index (χ2n) is 4.92. The summed E-state index contributed by atoms with van der Waals surface area (Å²) in [5, 5.41) is 8.43. The third-order valence-corrected chi connectivity index (χ3v) is 3.05. The maximum Gasteiger partial charge on any atom is 0.113 e. The van der Waals surface area contributed by atoms with Crippen LogP contribution in [-0.2, 0) is 6.54 Å². The van der Waals surface area contributed by atoms with E-state index in [0.717, 1.165) is 24.0 Å². The molecule has 0 saturated heterocycles. The molecule has 0 bridgehead atoms. The minimum absolute atomic E-state index is 0.700. The molecule has 2 aromatic rings. The predicted octanol–water partition coefficient (Wildman–Crippen LogP) is 3.09. The maximum absolute atomic E-state index is 4.22. The largest absolute Gasteiger partial charge is 0.245 e. The van der Waals surface area contributed by atoms with Crippen LogP contribution in [0.4, 0.5) is 0 Å². The molecule has 0 aliphatic carbocycles. The van der Waals surface area contributed by atoms with E-state index in [1.165, 1.54) is 11.1 Å². The minimum atomic E-state index is 0.700. The molecular weight excluding hydrogens is 198 g/mol. The van der Waals surface area contributed by atoms with Crippen LogP contribution in [0.3, 0.4) is 0 Å². The molecule has 0 fully saturated rings. The molecule has 0 spiro atoms. The molecule has 2 rings (SSSR count). The Kier molecular flexibility index (Phi) is 2.95. The van der Waals surface area contributed by atoms with Gasteiger partial charge in [-0.1, -0.05) is 19.1 Å². The third-order valence-electron chi connectivity index (χ3n) is 3.05. The predicted molar refractivity (Wildman–Crippen MR) is 66.5 cm³/mol. The summed E-state index contributed by atoms with van der Waals surface area (Å²) in [6.45, 7) is 9.66. The number of fused-ring (bicyclic) bond motifs is 1. The summed E-state index contributed by atoms with van der Waals surface area (Å²) >= 11 is 0. The molecule has 0 unspecified atom stereocenters. The molecule has 0 aliphatic heterocycles. The van der Waals surface area contributed by atoms with Crippen molar-refractivity contribution in [1.82, 2.24) is 15.0 Å². The number of nitrogens with zero attached hydrogens (tertiary/aromatic N) is 3. The smallest absolute Gasteiger partial charge is 0.113 e. The molecule has 1 heterocycles. The molecule has 0 atom stereocenters. The van der Waals surface area contributed by atoms with E-state index >= 15 is 0 Å². The third kappa shape index (κ3) is 2.08. The van der Waals surface area contributed by atoms with Crippen LogP contribution in [0.1, 0.15) is 31.4 Å². The first-order chi connectivity index (χ1) is 7.58. The number of rotatable bonds is 3. The highest BCUT2D eigenvalue weighted by Crippen LogP contribution is 2.17. The lowest BCUT2D eigenvalue weighted by Crippen LogP contribution is -2.03. The van der Waals surface area contributed by atoms with Gasteiger partial charge in [0.2, 0.25) is 0 Å². The van der Waals surface area contributed by atoms with Gasteiger partial charge in [0.15, 0.2) is 0 Å². The van der Waals surface area contributed by atoms with E-state index in [4.69, 9.17) is 0 Å². The van der Waals surface area contributed by atoms with Gasteiger partial charge in [0.1, 0.15) is 5.52 Å². The molecule has 3 heteroatoms. The molecule has 0 saturated carbocycles. The van der Waals surface area contributed by atoms with Crippen LogP contribution in [0.25, 0.3) is 11.0 Å². The Labute approximate surface area is 96.5 Å². The summed E-state index contributed by atoms with van der Waals surface area (Å²) in [7, 11) is 0. The number of aromatic nitrogens is 3. The standard InChI is InChI=1S/C13H19N3/c1-9(2)5-6-16-13-8-11(4)10(3)7-12(13)14-15-16/h7-9H,5-6H2,1-4H3. The fraction of sp³-hybridized carbons (Fsp3) is 0.538. The molecule has 0 aliphatic rings. The topological polar surface area (TPSA) is 30.7 Å². The first-order valence-electron chi connectivity index (χ1n) is 5.88. The van der Waals surface area contributed by atoms with Crippen molar-refractivity contribution >= 4 is 11.0 Å². The molecular formula is C13H19N3. The summed E-state index contributed by atoms with van der Waals surface area (Å²) in [4.78, 5) is 0. The van der Waals surface area contributed by atoms with E-state index in [0.29, 0.717) is 5.92 Å². The van der Waals surface area contributed by atoms with E-state index in [9.17, 15) is 0 Å². The average Bonchev–Trinajstić information content (AvgIpc) is 2.58. The Balaban J connectivity index is 2.36. The summed E-state index contributed by atoms with van der Waals surface area (Å²) in [5.74, 6) is 0.700. The van der Waals surface area contributed by atoms with Gasteiger partial charge in [-0.15, -0.1) is 5.10 Å². The van der Waals surface area contributed by atoms with E-state index < -0.39 is 0 Å². The van der Waals surface area contributed by atoms with Gasteiger partial charge in [-0.3, -0.25) is 0 Å². The zero-order valence-corrected chi connectivity index (χ0v) is 10.5. The van der Waals surface area contributed by atoms with Gasteiger partial charge in [-0.25, -0.2) is 4.68 Å². The number of aryl methyl sites for hydroxylation is 3. The van der Waals surface area contributed by atoms with Gasteiger partial charge >= 0.3 is 0 Å². The second-order valence-corrected chi connectivity index (χ2v) is 4.92. The lowest BCUT2D eigenvalue weighted by atomic mass is 10.1. The van der Waals surface area contributed by atoms with Gasteiger partial charge in [0, 0.05) is 6.54 Å². The Hall–Kier alpha value is -1.38. The van der Waals surface area contributed by atoms with Crippen LogP contribution >= 0.6 is 0 Å². The molecule has 0 N–H and O–H groups in total. The SMILES string of the molecule is Cc1cc2nnn(CCC(C)C)c2cc1C. The summed E-state index contributed by atoms with van der Waals surface area (Å²) in [5.41, 5.74) is 4.75. The Morgan fingerprint density at radius 3 is 2.56 bits per heavy atom. The van der Waals surface area contributed by atoms with Gasteiger partial charge in [-0.05, 0) is 49.4 Å². The van der Waals surface area contributed by atoms with Crippen LogP contribution in [0.5, 0.6) is 0 Å². The molecule has 1 aromatic heterocycles. The maximum atomic E-state index is 4.22. The quantitative estimate of drug-likeness (QED) is 0.791. The van der Waals surface area contributed by atoms with Crippen LogP contribution in [0.15, 0.2) is 12.1 Å². The lowest BCUT2D eigenvalue weighted by Gasteiger charge is -2.06. The molecule has 0 amide bonds. The fourth-order valence-corrected chi connectivity index (χ4v) is 1.77. The normalized spacial score (nSPS) is 11.6. The van der Waals surface area contributed by atoms with Crippen molar-refractivity contribution in [1.29, 1.82) is 0 Å². The van der Waals surface area contributed by atoms with E-state index in [1.54, 1.807) is 0 Å². The van der Waals surface area contributed by atoms with Crippen molar-refractivity contribution in [2.24, 2.45) is 5.92 Å². The minimum Gasteiger partial charge on any atom is -0.245 e.